The fraction of sp³-hybridized carbons (Fsp3) is 0.300. The number of hydrogen-bond donors (Lipinski definition) is 1. The normalized spacial score (nSPS) is 17.3. The molecule has 1 atom stereocenters. The summed E-state index contributed by atoms with van der Waals surface area (Å²) in [5.74, 6) is -1.30. The summed E-state index contributed by atoms with van der Waals surface area (Å²) in [7, 11) is 0. The third kappa shape index (κ3) is 3.97. The van der Waals surface area contributed by atoms with E-state index < -0.39 is 17.7 Å². The second kappa shape index (κ2) is 7.06. The predicted molar refractivity (Wildman–Crippen MR) is 96.4 cm³/mol. The Morgan fingerprint density at radius 1 is 1.15 bits per heavy atom. The molecule has 0 radical (unpaired) electrons. The van der Waals surface area contributed by atoms with Gasteiger partial charge in [0.25, 0.3) is 0 Å². The van der Waals surface area contributed by atoms with Crippen LogP contribution in [0, 0.1) is 19.8 Å². The molecule has 1 aliphatic rings. The molecule has 0 aliphatic carbocycles. The number of carbonyl (C=O) groups is 2. The van der Waals surface area contributed by atoms with Gasteiger partial charge in [-0.3, -0.25) is 9.59 Å². The molecule has 0 unspecified atom stereocenters. The van der Waals surface area contributed by atoms with Crippen molar-refractivity contribution < 1.29 is 22.8 Å². The van der Waals surface area contributed by atoms with Gasteiger partial charge in [-0.05, 0) is 49.2 Å². The second-order valence-electron chi connectivity index (χ2n) is 6.69. The van der Waals surface area contributed by atoms with Crippen molar-refractivity contribution in [3.8, 4) is 0 Å². The van der Waals surface area contributed by atoms with Crippen molar-refractivity contribution in [3.05, 3.63) is 59.2 Å². The smallest absolute Gasteiger partial charge is 0.326 e. The molecule has 2 aromatic rings. The number of halogens is 3. The molecule has 1 heterocycles. The van der Waals surface area contributed by atoms with E-state index in [4.69, 9.17) is 0 Å². The van der Waals surface area contributed by atoms with Crippen LogP contribution in [-0.2, 0) is 15.8 Å². The number of benzene rings is 2. The fourth-order valence-electron chi connectivity index (χ4n) is 3.10. The van der Waals surface area contributed by atoms with E-state index in [1.807, 2.05) is 26.0 Å². The van der Waals surface area contributed by atoms with E-state index >= 15 is 0 Å². The molecule has 4 nitrogen and oxygen atoms in total. The average molecular weight is 376 g/mol. The van der Waals surface area contributed by atoms with E-state index in [1.54, 1.807) is 6.07 Å². The van der Waals surface area contributed by atoms with Crippen LogP contribution in [-0.4, -0.2) is 18.4 Å². The first-order valence-corrected chi connectivity index (χ1v) is 8.51. The molecule has 0 spiro atoms. The highest BCUT2D eigenvalue weighted by Crippen LogP contribution is 2.33. The highest BCUT2D eigenvalue weighted by atomic mass is 19.4. The number of alkyl halides is 3. The number of hydrogen-bond acceptors (Lipinski definition) is 2. The Balaban J connectivity index is 1.75. The molecule has 1 aliphatic heterocycles. The van der Waals surface area contributed by atoms with Crippen LogP contribution < -0.4 is 10.2 Å². The number of rotatable bonds is 3. The summed E-state index contributed by atoms with van der Waals surface area (Å²) in [6.07, 6.45) is -4.52. The summed E-state index contributed by atoms with van der Waals surface area (Å²) in [5.41, 5.74) is 1.96. The largest absolute Gasteiger partial charge is 0.416 e. The quantitative estimate of drug-likeness (QED) is 0.868. The minimum atomic E-state index is -4.49. The summed E-state index contributed by atoms with van der Waals surface area (Å²) >= 11 is 0. The molecule has 27 heavy (non-hydrogen) atoms. The number of carbonyl (C=O) groups excluding carboxylic acids is 2. The third-order valence-corrected chi connectivity index (χ3v) is 4.84. The van der Waals surface area contributed by atoms with Gasteiger partial charge in [0.2, 0.25) is 11.8 Å². The minimum Gasteiger partial charge on any atom is -0.326 e. The number of nitrogens with one attached hydrogen (secondary N) is 1. The lowest BCUT2D eigenvalue weighted by Crippen LogP contribution is -2.28. The minimum absolute atomic E-state index is 0.0348. The van der Waals surface area contributed by atoms with E-state index in [-0.39, 0.29) is 30.5 Å². The summed E-state index contributed by atoms with van der Waals surface area (Å²) < 4.78 is 38.7. The van der Waals surface area contributed by atoms with Crippen molar-refractivity contribution in [2.75, 3.05) is 16.8 Å². The molecule has 7 heteroatoms. The SMILES string of the molecule is Cc1cccc(NC(=O)[C@H]2CC(=O)N(c3cccc(C(F)(F)F)c3)C2)c1C. The Morgan fingerprint density at radius 2 is 1.85 bits per heavy atom. The Morgan fingerprint density at radius 3 is 2.56 bits per heavy atom. The van der Waals surface area contributed by atoms with Gasteiger partial charge in [-0.2, -0.15) is 13.2 Å². The molecule has 1 fully saturated rings. The Hall–Kier alpha value is -2.83. The maximum Gasteiger partial charge on any atom is 0.416 e. The van der Waals surface area contributed by atoms with Crippen molar-refractivity contribution in [1.82, 2.24) is 0 Å². The van der Waals surface area contributed by atoms with E-state index in [2.05, 4.69) is 5.32 Å². The summed E-state index contributed by atoms with van der Waals surface area (Å²) in [5, 5.41) is 2.82. The number of anilines is 2. The Kier molecular flexibility index (Phi) is 4.95. The zero-order chi connectivity index (χ0) is 19.8. The van der Waals surface area contributed by atoms with Gasteiger partial charge in [0, 0.05) is 24.3 Å². The second-order valence-corrected chi connectivity index (χ2v) is 6.69. The van der Waals surface area contributed by atoms with Gasteiger partial charge in [0.15, 0.2) is 0 Å². The first kappa shape index (κ1) is 18.9. The number of aryl methyl sites for hydroxylation is 1. The van der Waals surface area contributed by atoms with E-state index in [0.29, 0.717) is 5.69 Å². The first-order chi connectivity index (χ1) is 12.7. The summed E-state index contributed by atoms with van der Waals surface area (Å²) in [4.78, 5) is 26.1. The van der Waals surface area contributed by atoms with Gasteiger partial charge in [0.1, 0.15) is 0 Å². The van der Waals surface area contributed by atoms with Crippen LogP contribution in [0.15, 0.2) is 42.5 Å². The zero-order valence-electron chi connectivity index (χ0n) is 14.9. The average Bonchev–Trinajstić information content (AvgIpc) is 3.00. The van der Waals surface area contributed by atoms with Gasteiger partial charge in [0.05, 0.1) is 11.5 Å². The maximum atomic E-state index is 12.9. The molecule has 3 rings (SSSR count). The Bertz CT molecular complexity index is 893. The summed E-state index contributed by atoms with van der Waals surface area (Å²) in [6, 6.07) is 10.1. The van der Waals surface area contributed by atoms with E-state index in [0.717, 1.165) is 23.3 Å². The van der Waals surface area contributed by atoms with E-state index in [9.17, 15) is 22.8 Å². The third-order valence-electron chi connectivity index (χ3n) is 4.84. The topological polar surface area (TPSA) is 49.4 Å². The molecule has 0 bridgehead atoms. The lowest BCUT2D eigenvalue weighted by molar-refractivity contribution is -0.137. The van der Waals surface area contributed by atoms with Crippen LogP contribution in [0.25, 0.3) is 0 Å². The van der Waals surface area contributed by atoms with Crippen LogP contribution in [0.5, 0.6) is 0 Å². The standard InChI is InChI=1S/C20H19F3N2O2/c1-12-5-3-8-17(13(12)2)24-19(27)14-9-18(26)25(11-14)16-7-4-6-15(10-16)20(21,22)23/h3-8,10,14H,9,11H2,1-2H3,(H,24,27)/t14-/m0/s1. The van der Waals surface area contributed by atoms with Crippen LogP contribution in [0.1, 0.15) is 23.1 Å². The van der Waals surface area contributed by atoms with Crippen molar-refractivity contribution in [3.63, 3.8) is 0 Å². The highest BCUT2D eigenvalue weighted by Gasteiger charge is 2.37. The van der Waals surface area contributed by atoms with Crippen molar-refractivity contribution in [1.29, 1.82) is 0 Å². The maximum absolute atomic E-state index is 12.9. The van der Waals surface area contributed by atoms with Crippen LogP contribution in [0.4, 0.5) is 24.5 Å². The van der Waals surface area contributed by atoms with Crippen LogP contribution in [0.2, 0.25) is 0 Å². The number of amides is 2. The fourth-order valence-corrected chi connectivity index (χ4v) is 3.10. The van der Waals surface area contributed by atoms with Gasteiger partial charge in [-0.1, -0.05) is 18.2 Å². The molecular weight excluding hydrogens is 357 g/mol. The lowest BCUT2D eigenvalue weighted by atomic mass is 10.1. The van der Waals surface area contributed by atoms with Crippen molar-refractivity contribution >= 4 is 23.2 Å². The molecular formula is C20H19F3N2O2. The predicted octanol–water partition coefficient (Wildman–Crippen LogP) is 4.31. The molecule has 1 saturated heterocycles. The first-order valence-electron chi connectivity index (χ1n) is 8.51. The lowest BCUT2D eigenvalue weighted by Gasteiger charge is -2.18. The Labute approximate surface area is 155 Å². The van der Waals surface area contributed by atoms with Gasteiger partial charge in [-0.25, -0.2) is 0 Å². The molecule has 0 saturated carbocycles. The summed E-state index contributed by atoms with van der Waals surface area (Å²) in [6.45, 7) is 3.87. The van der Waals surface area contributed by atoms with E-state index in [1.165, 1.54) is 17.0 Å². The van der Waals surface area contributed by atoms with Crippen molar-refractivity contribution in [2.24, 2.45) is 5.92 Å². The molecule has 0 aromatic heterocycles. The van der Waals surface area contributed by atoms with Gasteiger partial charge in [-0.15, -0.1) is 0 Å². The monoisotopic (exact) mass is 376 g/mol. The highest BCUT2D eigenvalue weighted by molar-refractivity contribution is 6.03. The van der Waals surface area contributed by atoms with Gasteiger partial charge < -0.3 is 10.2 Å². The number of nitrogens with zero attached hydrogens (tertiary/aromatic N) is 1. The molecule has 2 aromatic carbocycles. The van der Waals surface area contributed by atoms with Crippen LogP contribution >= 0.6 is 0 Å². The zero-order valence-corrected chi connectivity index (χ0v) is 14.9. The molecule has 1 N–H and O–H groups in total. The van der Waals surface area contributed by atoms with Gasteiger partial charge >= 0.3 is 6.18 Å². The van der Waals surface area contributed by atoms with Crippen LogP contribution in [0.3, 0.4) is 0 Å². The molecule has 2 amide bonds. The molecule has 142 valence electrons. The van der Waals surface area contributed by atoms with Crippen molar-refractivity contribution in [2.45, 2.75) is 26.4 Å².